The molecule has 1 aromatic rings. The fraction of sp³-hybridized carbons (Fsp3) is 0.167. The van der Waals surface area contributed by atoms with Crippen molar-refractivity contribution in [2.75, 3.05) is 19.5 Å². The molecule has 0 unspecified atom stereocenters. The number of benzene rings is 1. The average Bonchev–Trinajstić information content (AvgIpc) is 2.51. The number of esters is 2. The Bertz CT molecular complexity index is 931. The molecule has 13 heteroatoms. The Labute approximate surface area is 142 Å². The third-order valence-electron chi connectivity index (χ3n) is 2.66. The van der Waals surface area contributed by atoms with Gasteiger partial charge in [-0.15, -0.1) is 0 Å². The third-order valence-corrected chi connectivity index (χ3v) is 4.43. The highest BCUT2D eigenvalue weighted by Gasteiger charge is 2.22. The Balaban J connectivity index is 3.58. The maximum atomic E-state index is 11.7. The van der Waals surface area contributed by atoms with Crippen LogP contribution in [-0.4, -0.2) is 52.1 Å². The van der Waals surface area contributed by atoms with Gasteiger partial charge in [-0.2, -0.15) is 16.8 Å². The van der Waals surface area contributed by atoms with E-state index in [1.54, 1.807) is 0 Å². The van der Waals surface area contributed by atoms with Crippen molar-refractivity contribution in [2.24, 2.45) is 0 Å². The van der Waals surface area contributed by atoms with E-state index in [1.165, 1.54) is 0 Å². The first kappa shape index (κ1) is 20.6. The number of rotatable bonds is 6. The molecule has 25 heavy (non-hydrogen) atoms. The second kappa shape index (κ2) is 7.60. The van der Waals surface area contributed by atoms with Crippen LogP contribution in [0.1, 0.15) is 0 Å². The summed E-state index contributed by atoms with van der Waals surface area (Å²) < 4.78 is 72.1. The van der Waals surface area contributed by atoms with E-state index < -0.39 is 53.4 Å². The number of carbonyl (C=O) groups is 2. The molecule has 0 heterocycles. The molecule has 0 aliphatic rings. The summed E-state index contributed by atoms with van der Waals surface area (Å²) in [5, 5.41) is 2.15. The van der Waals surface area contributed by atoms with E-state index >= 15 is 0 Å². The molecule has 0 atom stereocenters. The number of ether oxygens (including phenoxy) is 2. The standard InChI is InChI=1S/C12H13NO10S2/c1-22-11(14)6-9(12(15)23-2)13-8-5-7(24(16,17)18)3-4-10(8)25(19,20)21/h3-6,13H,1-2H3,(H,16,17,18)(H,19,20,21)/b9-6+. The van der Waals surface area contributed by atoms with Gasteiger partial charge in [0.15, 0.2) is 0 Å². The van der Waals surface area contributed by atoms with Gasteiger partial charge in [0.25, 0.3) is 20.2 Å². The van der Waals surface area contributed by atoms with Gasteiger partial charge < -0.3 is 14.8 Å². The lowest BCUT2D eigenvalue weighted by molar-refractivity contribution is -0.138. The number of hydrogen-bond donors (Lipinski definition) is 3. The molecule has 0 fully saturated rings. The van der Waals surface area contributed by atoms with Gasteiger partial charge >= 0.3 is 11.9 Å². The predicted octanol–water partition coefficient (Wildman–Crippen LogP) is -0.178. The van der Waals surface area contributed by atoms with Crippen molar-refractivity contribution < 1.29 is 45.0 Å². The Kier molecular flexibility index (Phi) is 6.26. The SMILES string of the molecule is COC(=O)/C=C(/Nc1cc(S(=O)(=O)O)ccc1S(=O)(=O)O)C(=O)OC. The first-order valence-electron chi connectivity index (χ1n) is 6.14. The second-order valence-electron chi connectivity index (χ2n) is 4.31. The summed E-state index contributed by atoms with van der Waals surface area (Å²) >= 11 is 0. The smallest absolute Gasteiger partial charge is 0.354 e. The first-order chi connectivity index (χ1) is 11.4. The van der Waals surface area contributed by atoms with Crippen LogP contribution in [0.3, 0.4) is 0 Å². The minimum Gasteiger partial charge on any atom is -0.466 e. The van der Waals surface area contributed by atoms with E-state index in [2.05, 4.69) is 14.8 Å². The van der Waals surface area contributed by atoms with E-state index in [-0.39, 0.29) is 0 Å². The summed E-state index contributed by atoms with van der Waals surface area (Å²) in [5.41, 5.74) is -1.23. The molecule has 1 aromatic carbocycles. The summed E-state index contributed by atoms with van der Waals surface area (Å²) in [6.07, 6.45) is 0.611. The summed E-state index contributed by atoms with van der Waals surface area (Å²) in [7, 11) is -7.59. The van der Waals surface area contributed by atoms with Crippen LogP contribution in [0.15, 0.2) is 39.8 Å². The molecule has 0 amide bonds. The second-order valence-corrected chi connectivity index (χ2v) is 7.12. The maximum absolute atomic E-state index is 11.7. The summed E-state index contributed by atoms with van der Waals surface area (Å²) in [5.74, 6) is -2.13. The molecule has 0 aliphatic heterocycles. The molecule has 0 saturated heterocycles. The summed E-state index contributed by atoms with van der Waals surface area (Å²) in [6.45, 7) is 0. The van der Waals surface area contributed by atoms with Crippen LogP contribution in [0.4, 0.5) is 5.69 Å². The number of nitrogens with one attached hydrogen (secondary N) is 1. The largest absolute Gasteiger partial charge is 0.466 e. The quantitative estimate of drug-likeness (QED) is 0.331. The molecule has 138 valence electrons. The Hall–Kier alpha value is -2.48. The molecular formula is C12H13NO10S2. The molecule has 1 rings (SSSR count). The number of anilines is 1. The molecule has 0 bridgehead atoms. The number of methoxy groups -OCH3 is 2. The Morgan fingerprint density at radius 1 is 1.04 bits per heavy atom. The van der Waals surface area contributed by atoms with Crippen molar-refractivity contribution in [3.8, 4) is 0 Å². The lowest BCUT2D eigenvalue weighted by Gasteiger charge is -2.13. The highest BCUT2D eigenvalue weighted by Crippen LogP contribution is 2.26. The van der Waals surface area contributed by atoms with Gasteiger partial charge in [0.1, 0.15) is 10.6 Å². The molecule has 3 N–H and O–H groups in total. The van der Waals surface area contributed by atoms with Crippen molar-refractivity contribution in [3.05, 3.63) is 30.0 Å². The van der Waals surface area contributed by atoms with Crippen molar-refractivity contribution in [3.63, 3.8) is 0 Å². The zero-order valence-electron chi connectivity index (χ0n) is 12.8. The van der Waals surface area contributed by atoms with Crippen LogP contribution in [-0.2, 0) is 39.3 Å². The predicted molar refractivity (Wildman–Crippen MR) is 81.8 cm³/mol. The van der Waals surface area contributed by atoms with Crippen LogP contribution in [0.2, 0.25) is 0 Å². The molecule has 0 saturated carbocycles. The third kappa shape index (κ3) is 5.53. The lowest BCUT2D eigenvalue weighted by atomic mass is 10.3. The topological polar surface area (TPSA) is 173 Å². The van der Waals surface area contributed by atoms with Gasteiger partial charge in [-0.05, 0) is 18.2 Å². The van der Waals surface area contributed by atoms with Crippen LogP contribution in [0.25, 0.3) is 0 Å². The summed E-state index contributed by atoms with van der Waals surface area (Å²) in [6, 6.07) is 2.02. The lowest BCUT2D eigenvalue weighted by Crippen LogP contribution is -2.17. The van der Waals surface area contributed by atoms with Crippen molar-refractivity contribution in [1.29, 1.82) is 0 Å². The first-order valence-corrected chi connectivity index (χ1v) is 9.02. The Morgan fingerprint density at radius 2 is 1.64 bits per heavy atom. The maximum Gasteiger partial charge on any atom is 0.354 e. The van der Waals surface area contributed by atoms with Gasteiger partial charge in [-0.1, -0.05) is 0 Å². The molecule has 0 radical (unpaired) electrons. The zero-order valence-corrected chi connectivity index (χ0v) is 14.4. The normalized spacial score (nSPS) is 12.4. The summed E-state index contributed by atoms with van der Waals surface area (Å²) in [4.78, 5) is 21.4. The minimum atomic E-state index is -4.84. The van der Waals surface area contributed by atoms with Gasteiger partial charge in [0, 0.05) is 0 Å². The molecule has 0 spiro atoms. The van der Waals surface area contributed by atoms with Crippen molar-refractivity contribution in [1.82, 2.24) is 0 Å². The average molecular weight is 395 g/mol. The monoisotopic (exact) mass is 395 g/mol. The molecule has 11 nitrogen and oxygen atoms in total. The van der Waals surface area contributed by atoms with Crippen LogP contribution in [0, 0.1) is 0 Å². The highest BCUT2D eigenvalue weighted by atomic mass is 32.2. The van der Waals surface area contributed by atoms with Crippen molar-refractivity contribution >= 4 is 37.9 Å². The van der Waals surface area contributed by atoms with E-state index in [1.807, 2.05) is 0 Å². The number of hydrogen-bond acceptors (Lipinski definition) is 9. The van der Waals surface area contributed by atoms with Crippen molar-refractivity contribution in [2.45, 2.75) is 9.79 Å². The minimum absolute atomic E-state index is 0.611. The van der Waals surface area contributed by atoms with Crippen LogP contribution < -0.4 is 5.32 Å². The fourth-order valence-electron chi connectivity index (χ4n) is 1.57. The molecule has 0 aliphatic carbocycles. The van der Waals surface area contributed by atoms with Crippen LogP contribution >= 0.6 is 0 Å². The van der Waals surface area contributed by atoms with E-state index in [0.29, 0.717) is 24.3 Å². The Morgan fingerprint density at radius 3 is 2.08 bits per heavy atom. The fourth-order valence-corrected chi connectivity index (χ4v) is 2.70. The number of carbonyl (C=O) groups excluding carboxylic acids is 2. The van der Waals surface area contributed by atoms with E-state index in [0.717, 1.165) is 14.2 Å². The zero-order chi connectivity index (χ0) is 19.4. The molecular weight excluding hydrogens is 382 g/mol. The van der Waals surface area contributed by atoms with Gasteiger partial charge in [-0.25, -0.2) is 9.59 Å². The molecule has 0 aromatic heterocycles. The highest BCUT2D eigenvalue weighted by molar-refractivity contribution is 7.86. The van der Waals surface area contributed by atoms with Gasteiger partial charge in [-0.3, -0.25) is 9.11 Å². The van der Waals surface area contributed by atoms with Crippen LogP contribution in [0.5, 0.6) is 0 Å². The van der Waals surface area contributed by atoms with E-state index in [9.17, 15) is 31.0 Å². The van der Waals surface area contributed by atoms with Gasteiger partial charge in [0.05, 0.1) is 30.9 Å². The van der Waals surface area contributed by atoms with Gasteiger partial charge in [0.2, 0.25) is 0 Å². The van der Waals surface area contributed by atoms with E-state index in [4.69, 9.17) is 4.55 Å².